The second-order valence-corrected chi connectivity index (χ2v) is 8.75. The highest BCUT2D eigenvalue weighted by atomic mass is 32.2. The summed E-state index contributed by atoms with van der Waals surface area (Å²) in [6.45, 7) is 0.878. The zero-order valence-corrected chi connectivity index (χ0v) is 14.1. The number of thioether (sulfide) groups is 2. The van der Waals surface area contributed by atoms with Crippen LogP contribution in [0, 0.1) is 0 Å². The van der Waals surface area contributed by atoms with Gasteiger partial charge in [-0.2, -0.15) is 13.2 Å². The first-order valence-electron chi connectivity index (χ1n) is 7.37. The van der Waals surface area contributed by atoms with Crippen LogP contribution in [0.3, 0.4) is 0 Å². The van der Waals surface area contributed by atoms with E-state index in [1.54, 1.807) is 18.3 Å². The molecule has 7 heteroatoms. The molecule has 124 valence electrons. The van der Waals surface area contributed by atoms with Crippen LogP contribution in [0.1, 0.15) is 17.5 Å². The Bertz CT molecular complexity index is 618. The summed E-state index contributed by atoms with van der Waals surface area (Å²) in [4.78, 5) is 4.08. The quantitative estimate of drug-likeness (QED) is 0.771. The van der Waals surface area contributed by atoms with Gasteiger partial charge in [0.2, 0.25) is 0 Å². The van der Waals surface area contributed by atoms with Crippen LogP contribution in [0.15, 0.2) is 43.0 Å². The van der Waals surface area contributed by atoms with Crippen molar-refractivity contribution < 1.29 is 13.2 Å². The molecule has 0 bridgehead atoms. The number of hydrogen-bond donors (Lipinski definition) is 0. The fourth-order valence-corrected chi connectivity index (χ4v) is 5.88. The van der Waals surface area contributed by atoms with Gasteiger partial charge in [-0.25, -0.2) is 4.98 Å². The van der Waals surface area contributed by atoms with E-state index >= 15 is 0 Å². The number of imidazole rings is 1. The average Bonchev–Trinajstić information content (AvgIpc) is 3.18. The van der Waals surface area contributed by atoms with E-state index in [2.05, 4.69) is 9.55 Å². The van der Waals surface area contributed by atoms with Crippen molar-refractivity contribution in [3.05, 3.63) is 54.1 Å². The normalized spacial score (nSPS) is 17.5. The maximum Gasteiger partial charge on any atom is 0.416 e. The molecule has 1 aromatic carbocycles. The summed E-state index contributed by atoms with van der Waals surface area (Å²) in [5, 5.41) is 0. The van der Waals surface area contributed by atoms with Crippen molar-refractivity contribution in [3.63, 3.8) is 0 Å². The van der Waals surface area contributed by atoms with Gasteiger partial charge in [-0.1, -0.05) is 12.1 Å². The Kier molecular flexibility index (Phi) is 4.96. The van der Waals surface area contributed by atoms with Crippen molar-refractivity contribution in [2.24, 2.45) is 0 Å². The summed E-state index contributed by atoms with van der Waals surface area (Å²) in [7, 11) is 0. The first-order valence-corrected chi connectivity index (χ1v) is 9.34. The van der Waals surface area contributed by atoms with Crippen molar-refractivity contribution >= 4 is 23.5 Å². The number of aromatic nitrogens is 2. The van der Waals surface area contributed by atoms with Crippen LogP contribution < -0.4 is 0 Å². The summed E-state index contributed by atoms with van der Waals surface area (Å²) in [6, 6.07) is 5.54. The minimum absolute atomic E-state index is 0.0867. The van der Waals surface area contributed by atoms with E-state index in [1.807, 2.05) is 36.0 Å². The van der Waals surface area contributed by atoms with Gasteiger partial charge in [-0.15, -0.1) is 23.5 Å². The number of halogens is 3. The van der Waals surface area contributed by atoms with Crippen molar-refractivity contribution in [2.45, 2.75) is 29.6 Å². The van der Waals surface area contributed by atoms with Crippen molar-refractivity contribution in [3.8, 4) is 0 Å². The number of nitrogens with zero attached hydrogens (tertiary/aromatic N) is 2. The molecule has 2 heterocycles. The van der Waals surface area contributed by atoms with Crippen LogP contribution in [0.5, 0.6) is 0 Å². The molecule has 23 heavy (non-hydrogen) atoms. The Balaban J connectivity index is 1.65. The molecule has 1 aliphatic heterocycles. The SMILES string of the molecule is FC(F)(F)c1ccc(CCC2(Cn3ccnc3)SCCS2)cc1. The highest BCUT2D eigenvalue weighted by Crippen LogP contribution is 2.48. The van der Waals surface area contributed by atoms with Crippen LogP contribution in [-0.4, -0.2) is 25.1 Å². The topological polar surface area (TPSA) is 17.8 Å². The van der Waals surface area contributed by atoms with Gasteiger partial charge in [-0.05, 0) is 30.5 Å². The second kappa shape index (κ2) is 6.81. The third-order valence-corrected chi connectivity index (χ3v) is 7.37. The lowest BCUT2D eigenvalue weighted by atomic mass is 10.1. The Labute approximate surface area is 141 Å². The van der Waals surface area contributed by atoms with Gasteiger partial charge in [-0.3, -0.25) is 0 Å². The standard InChI is InChI=1S/C16H17F3N2S2/c17-16(18,19)14-3-1-13(2-4-14)5-6-15(22-9-10-23-15)11-21-8-7-20-12-21/h1-4,7-8,12H,5-6,9-11H2. The Morgan fingerprint density at radius 2 is 1.83 bits per heavy atom. The molecule has 0 atom stereocenters. The lowest BCUT2D eigenvalue weighted by Crippen LogP contribution is -2.25. The third kappa shape index (κ3) is 4.26. The number of aryl methyl sites for hydroxylation is 1. The summed E-state index contributed by atoms with van der Waals surface area (Å²) < 4.78 is 40.0. The van der Waals surface area contributed by atoms with E-state index in [-0.39, 0.29) is 4.08 Å². The predicted octanol–water partition coefficient (Wildman–Crippen LogP) is 4.71. The molecule has 0 spiro atoms. The third-order valence-electron chi connectivity index (χ3n) is 3.87. The van der Waals surface area contributed by atoms with Gasteiger partial charge >= 0.3 is 6.18 Å². The number of rotatable bonds is 5. The van der Waals surface area contributed by atoms with Gasteiger partial charge < -0.3 is 4.57 Å². The van der Waals surface area contributed by atoms with E-state index in [0.717, 1.165) is 36.5 Å². The fourth-order valence-electron chi connectivity index (χ4n) is 2.67. The zero-order valence-electron chi connectivity index (χ0n) is 12.4. The molecule has 3 rings (SSSR count). The molecule has 1 aliphatic rings. The zero-order chi connectivity index (χ0) is 16.3. The molecule has 1 fully saturated rings. The minimum Gasteiger partial charge on any atom is -0.335 e. The molecule has 2 aromatic rings. The van der Waals surface area contributed by atoms with E-state index in [9.17, 15) is 13.2 Å². The molecule has 0 amide bonds. The van der Waals surface area contributed by atoms with E-state index < -0.39 is 11.7 Å². The molecule has 2 nitrogen and oxygen atoms in total. The predicted molar refractivity (Wildman–Crippen MR) is 89.6 cm³/mol. The smallest absolute Gasteiger partial charge is 0.335 e. The van der Waals surface area contributed by atoms with Crippen LogP contribution in [0.25, 0.3) is 0 Å². The number of hydrogen-bond acceptors (Lipinski definition) is 3. The van der Waals surface area contributed by atoms with Crippen LogP contribution in [-0.2, 0) is 19.1 Å². The molecular weight excluding hydrogens is 341 g/mol. The fraction of sp³-hybridized carbons (Fsp3) is 0.438. The van der Waals surface area contributed by atoms with Gasteiger partial charge in [0.05, 0.1) is 16.0 Å². The number of benzene rings is 1. The highest BCUT2D eigenvalue weighted by Gasteiger charge is 2.35. The Morgan fingerprint density at radius 1 is 1.13 bits per heavy atom. The largest absolute Gasteiger partial charge is 0.416 e. The Morgan fingerprint density at radius 3 is 2.39 bits per heavy atom. The van der Waals surface area contributed by atoms with Crippen LogP contribution >= 0.6 is 23.5 Å². The van der Waals surface area contributed by atoms with Crippen molar-refractivity contribution in [2.75, 3.05) is 11.5 Å². The minimum atomic E-state index is -4.27. The van der Waals surface area contributed by atoms with E-state index in [4.69, 9.17) is 0 Å². The van der Waals surface area contributed by atoms with E-state index in [1.165, 1.54) is 12.1 Å². The molecule has 0 radical (unpaired) electrons. The first kappa shape index (κ1) is 16.8. The summed E-state index contributed by atoms with van der Waals surface area (Å²) in [5.41, 5.74) is 0.370. The number of alkyl halides is 3. The summed E-state index contributed by atoms with van der Waals surface area (Å²) >= 11 is 3.90. The lowest BCUT2D eigenvalue weighted by molar-refractivity contribution is -0.137. The maximum absolute atomic E-state index is 12.6. The second-order valence-electron chi connectivity index (χ2n) is 5.54. The summed E-state index contributed by atoms with van der Waals surface area (Å²) in [6.07, 6.45) is 3.00. The molecule has 0 saturated carbocycles. The lowest BCUT2D eigenvalue weighted by Gasteiger charge is -2.27. The van der Waals surface area contributed by atoms with Crippen LogP contribution in [0.4, 0.5) is 13.2 Å². The molecule has 0 unspecified atom stereocenters. The van der Waals surface area contributed by atoms with E-state index in [0.29, 0.717) is 0 Å². The average molecular weight is 358 g/mol. The highest BCUT2D eigenvalue weighted by molar-refractivity contribution is 8.21. The molecule has 1 aromatic heterocycles. The van der Waals surface area contributed by atoms with Gasteiger partial charge in [0.1, 0.15) is 0 Å². The molecule has 0 aliphatic carbocycles. The van der Waals surface area contributed by atoms with Gasteiger partial charge in [0.15, 0.2) is 0 Å². The van der Waals surface area contributed by atoms with Crippen LogP contribution in [0.2, 0.25) is 0 Å². The molecule has 1 saturated heterocycles. The van der Waals surface area contributed by atoms with Gasteiger partial charge in [0, 0.05) is 30.4 Å². The van der Waals surface area contributed by atoms with Gasteiger partial charge in [0.25, 0.3) is 0 Å². The Hall–Kier alpha value is -1.08. The van der Waals surface area contributed by atoms with Crippen molar-refractivity contribution in [1.29, 1.82) is 0 Å². The maximum atomic E-state index is 12.6. The molecule has 0 N–H and O–H groups in total. The molecular formula is C16H17F3N2S2. The summed E-state index contributed by atoms with van der Waals surface area (Å²) in [5.74, 6) is 2.23. The van der Waals surface area contributed by atoms with Crippen molar-refractivity contribution in [1.82, 2.24) is 9.55 Å². The first-order chi connectivity index (χ1) is 11.0. The monoisotopic (exact) mass is 358 g/mol.